The minimum absolute atomic E-state index is 0.396. The van der Waals surface area contributed by atoms with Crippen LogP contribution in [0.3, 0.4) is 0 Å². The third-order valence-corrected chi connectivity index (χ3v) is 4.20. The number of rotatable bonds is 3. The van der Waals surface area contributed by atoms with Crippen molar-refractivity contribution in [1.29, 1.82) is 0 Å². The predicted octanol–water partition coefficient (Wildman–Crippen LogP) is 4.98. The van der Waals surface area contributed by atoms with Gasteiger partial charge >= 0.3 is 0 Å². The van der Waals surface area contributed by atoms with Gasteiger partial charge in [-0.15, -0.1) is 0 Å². The molecule has 0 spiro atoms. The molecule has 3 N–H and O–H groups in total. The van der Waals surface area contributed by atoms with E-state index in [1.54, 1.807) is 0 Å². The Kier molecular flexibility index (Phi) is 3.90. The molecule has 0 aliphatic rings. The van der Waals surface area contributed by atoms with Crippen LogP contribution in [-0.4, -0.2) is 4.99 Å². The van der Waals surface area contributed by atoms with Crippen LogP contribution in [0.4, 0.5) is 11.4 Å². The van der Waals surface area contributed by atoms with Crippen LogP contribution in [0.15, 0.2) is 65.1 Å². The molecule has 4 heteroatoms. The molecule has 0 bridgehead atoms. The highest BCUT2D eigenvalue weighted by molar-refractivity contribution is 9.10. The van der Waals surface area contributed by atoms with Crippen LogP contribution >= 0.6 is 28.1 Å². The highest BCUT2D eigenvalue weighted by Gasteiger charge is 2.06. The summed E-state index contributed by atoms with van der Waals surface area (Å²) in [5.41, 5.74) is 8.54. The number of fused-ring (bicyclic) bond motifs is 1. The number of halogens is 1. The van der Waals surface area contributed by atoms with E-state index in [1.165, 1.54) is 10.8 Å². The van der Waals surface area contributed by atoms with Gasteiger partial charge in [0.1, 0.15) is 4.99 Å². The maximum atomic E-state index is 5.65. The summed E-state index contributed by atoms with van der Waals surface area (Å²) in [4.78, 5) is 0.396. The van der Waals surface area contributed by atoms with E-state index in [-0.39, 0.29) is 0 Å². The molecule has 0 radical (unpaired) electrons. The lowest BCUT2D eigenvalue weighted by Crippen LogP contribution is -2.09. The average Bonchev–Trinajstić information content (AvgIpc) is 2.49. The molecule has 0 aliphatic heterocycles. The molecule has 21 heavy (non-hydrogen) atoms. The van der Waals surface area contributed by atoms with Crippen molar-refractivity contribution < 1.29 is 0 Å². The van der Waals surface area contributed by atoms with Crippen LogP contribution in [0.25, 0.3) is 10.8 Å². The van der Waals surface area contributed by atoms with Crippen molar-refractivity contribution in [1.82, 2.24) is 0 Å². The molecule has 0 aliphatic carbocycles. The number of hydrogen-bond donors (Lipinski definition) is 2. The number of benzene rings is 3. The lowest BCUT2D eigenvalue weighted by atomic mass is 10.1. The van der Waals surface area contributed by atoms with Gasteiger partial charge < -0.3 is 11.1 Å². The Labute approximate surface area is 137 Å². The highest BCUT2D eigenvalue weighted by Crippen LogP contribution is 2.30. The van der Waals surface area contributed by atoms with Gasteiger partial charge in [-0.3, -0.25) is 0 Å². The molecule has 0 fully saturated rings. The van der Waals surface area contributed by atoms with Crippen molar-refractivity contribution in [2.45, 2.75) is 0 Å². The molecule has 3 aromatic carbocycles. The molecule has 0 atom stereocenters. The van der Waals surface area contributed by atoms with Crippen molar-refractivity contribution >= 4 is 55.3 Å². The first-order valence-electron chi connectivity index (χ1n) is 6.49. The van der Waals surface area contributed by atoms with Gasteiger partial charge in [-0.1, -0.05) is 48.6 Å². The van der Waals surface area contributed by atoms with E-state index in [0.717, 1.165) is 21.4 Å². The third kappa shape index (κ3) is 2.91. The Hall–Kier alpha value is -1.91. The second kappa shape index (κ2) is 5.84. The van der Waals surface area contributed by atoms with E-state index >= 15 is 0 Å². The molecule has 0 unspecified atom stereocenters. The van der Waals surface area contributed by atoms with Gasteiger partial charge in [-0.2, -0.15) is 0 Å². The zero-order chi connectivity index (χ0) is 14.8. The summed E-state index contributed by atoms with van der Waals surface area (Å²) >= 11 is 8.55. The minimum Gasteiger partial charge on any atom is -0.389 e. The number of nitrogens with one attached hydrogen (secondary N) is 1. The standard InChI is InChI=1S/C17H13BrN2S/c18-14-10-12(17(19)21)8-9-16(14)20-15-7-3-5-11-4-1-2-6-13(11)15/h1-10,20H,(H2,19,21). The van der Waals surface area contributed by atoms with E-state index in [9.17, 15) is 0 Å². The molecule has 0 aromatic heterocycles. The summed E-state index contributed by atoms with van der Waals surface area (Å²) in [5, 5.41) is 5.84. The fourth-order valence-corrected chi connectivity index (χ4v) is 2.85. The van der Waals surface area contributed by atoms with Crippen LogP contribution in [0.5, 0.6) is 0 Å². The van der Waals surface area contributed by atoms with Gasteiger partial charge in [0.2, 0.25) is 0 Å². The van der Waals surface area contributed by atoms with Gasteiger partial charge in [0.15, 0.2) is 0 Å². The van der Waals surface area contributed by atoms with E-state index < -0.39 is 0 Å². The zero-order valence-corrected chi connectivity index (χ0v) is 13.5. The maximum absolute atomic E-state index is 5.65. The molecule has 3 aromatic rings. The van der Waals surface area contributed by atoms with Gasteiger partial charge in [0.05, 0.1) is 5.69 Å². The van der Waals surface area contributed by atoms with Crippen LogP contribution in [-0.2, 0) is 0 Å². The first-order chi connectivity index (χ1) is 10.1. The van der Waals surface area contributed by atoms with Gasteiger partial charge in [0.25, 0.3) is 0 Å². The SMILES string of the molecule is NC(=S)c1ccc(Nc2cccc3ccccc23)c(Br)c1. The number of thiocarbonyl (C=S) groups is 1. The van der Waals surface area contributed by atoms with Gasteiger partial charge in [0, 0.05) is 21.1 Å². The topological polar surface area (TPSA) is 38.0 Å². The second-order valence-electron chi connectivity index (χ2n) is 4.71. The second-order valence-corrected chi connectivity index (χ2v) is 6.00. The van der Waals surface area contributed by atoms with Crippen molar-refractivity contribution in [2.75, 3.05) is 5.32 Å². The highest BCUT2D eigenvalue weighted by atomic mass is 79.9. The smallest absolute Gasteiger partial charge is 0.104 e. The summed E-state index contributed by atoms with van der Waals surface area (Å²) in [6.45, 7) is 0. The Morgan fingerprint density at radius 1 is 0.952 bits per heavy atom. The van der Waals surface area contributed by atoms with E-state index in [4.69, 9.17) is 18.0 Å². The Morgan fingerprint density at radius 2 is 1.71 bits per heavy atom. The molecule has 0 saturated carbocycles. The number of nitrogens with two attached hydrogens (primary N) is 1. The molecule has 104 valence electrons. The number of hydrogen-bond acceptors (Lipinski definition) is 2. The molecule has 0 heterocycles. The summed E-state index contributed by atoms with van der Waals surface area (Å²) in [6.07, 6.45) is 0. The molecule has 3 rings (SSSR count). The van der Waals surface area contributed by atoms with Crippen molar-refractivity contribution in [2.24, 2.45) is 5.73 Å². The van der Waals surface area contributed by atoms with Crippen molar-refractivity contribution in [3.8, 4) is 0 Å². The lowest BCUT2D eigenvalue weighted by molar-refractivity contribution is 1.52. The van der Waals surface area contributed by atoms with Crippen LogP contribution in [0.1, 0.15) is 5.56 Å². The van der Waals surface area contributed by atoms with Crippen LogP contribution < -0.4 is 11.1 Å². The van der Waals surface area contributed by atoms with Crippen molar-refractivity contribution in [3.05, 3.63) is 70.7 Å². The molecular weight excluding hydrogens is 344 g/mol. The number of anilines is 2. The first-order valence-corrected chi connectivity index (χ1v) is 7.69. The normalized spacial score (nSPS) is 10.5. The average molecular weight is 357 g/mol. The largest absolute Gasteiger partial charge is 0.389 e. The fraction of sp³-hybridized carbons (Fsp3) is 0. The maximum Gasteiger partial charge on any atom is 0.104 e. The van der Waals surface area contributed by atoms with Crippen molar-refractivity contribution in [3.63, 3.8) is 0 Å². The Morgan fingerprint density at radius 3 is 2.48 bits per heavy atom. The van der Waals surface area contributed by atoms with Gasteiger partial charge in [-0.25, -0.2) is 0 Å². The van der Waals surface area contributed by atoms with Gasteiger partial charge in [-0.05, 0) is 45.6 Å². The monoisotopic (exact) mass is 356 g/mol. The predicted molar refractivity (Wildman–Crippen MR) is 97.3 cm³/mol. The van der Waals surface area contributed by atoms with E-state index in [0.29, 0.717) is 4.99 Å². The van der Waals surface area contributed by atoms with Crippen LogP contribution in [0.2, 0.25) is 0 Å². The zero-order valence-electron chi connectivity index (χ0n) is 11.1. The van der Waals surface area contributed by atoms with E-state index in [1.807, 2.05) is 36.4 Å². The summed E-state index contributed by atoms with van der Waals surface area (Å²) in [5.74, 6) is 0. The third-order valence-electron chi connectivity index (χ3n) is 3.31. The lowest BCUT2D eigenvalue weighted by Gasteiger charge is -2.12. The molecular formula is C17H13BrN2S. The van der Waals surface area contributed by atoms with E-state index in [2.05, 4.69) is 45.5 Å². The summed E-state index contributed by atoms with van der Waals surface area (Å²) in [6, 6.07) is 20.3. The Balaban J connectivity index is 2.01. The van der Waals surface area contributed by atoms with Crippen LogP contribution in [0, 0.1) is 0 Å². The summed E-state index contributed by atoms with van der Waals surface area (Å²) in [7, 11) is 0. The quantitative estimate of drug-likeness (QED) is 0.650. The minimum atomic E-state index is 0.396. The molecule has 0 saturated heterocycles. The molecule has 2 nitrogen and oxygen atoms in total. The molecule has 0 amide bonds. The Bertz CT molecular complexity index is 825. The first kappa shape index (κ1) is 14.0. The summed E-state index contributed by atoms with van der Waals surface area (Å²) < 4.78 is 0.931. The fourth-order valence-electron chi connectivity index (χ4n) is 2.25.